The zero-order valence-corrected chi connectivity index (χ0v) is 22.1. The third-order valence-electron chi connectivity index (χ3n) is 4.95. The minimum Gasteiger partial charge on any atom is -0.494 e. The molecule has 3 aromatic rings. The number of amides is 2. The lowest BCUT2D eigenvalue weighted by Crippen LogP contribution is -2.34. The van der Waals surface area contributed by atoms with E-state index in [1.165, 1.54) is 37.6 Å². The maximum absolute atomic E-state index is 12.4. The van der Waals surface area contributed by atoms with Crippen LogP contribution in [-0.4, -0.2) is 44.3 Å². The second-order valence-electron chi connectivity index (χ2n) is 7.78. The number of rotatable bonds is 11. The van der Waals surface area contributed by atoms with Crippen LogP contribution in [0.5, 0.6) is 17.2 Å². The van der Waals surface area contributed by atoms with Crippen LogP contribution < -0.4 is 25.0 Å². The monoisotopic (exact) mass is 557 g/mol. The maximum Gasteiger partial charge on any atom is 0.343 e. The Bertz CT molecular complexity index is 1330. The molecule has 9 nitrogen and oxygen atoms in total. The van der Waals surface area contributed by atoms with Gasteiger partial charge in [0.05, 0.1) is 42.1 Å². The number of carbonyl (C=O) groups excluding carboxylic acids is 3. The van der Waals surface area contributed by atoms with Crippen molar-refractivity contribution in [3.8, 4) is 17.2 Å². The summed E-state index contributed by atoms with van der Waals surface area (Å²) in [6, 6.07) is 15.7. The maximum atomic E-state index is 12.4. The molecule has 0 aliphatic carbocycles. The van der Waals surface area contributed by atoms with E-state index in [9.17, 15) is 14.4 Å². The van der Waals surface area contributed by atoms with Gasteiger partial charge in [0.2, 0.25) is 0 Å². The van der Waals surface area contributed by atoms with E-state index >= 15 is 0 Å². The number of ether oxygens (including phenoxy) is 3. The third-order valence-corrected chi connectivity index (χ3v) is 5.69. The topological polar surface area (TPSA) is 115 Å². The van der Waals surface area contributed by atoms with Gasteiger partial charge in [-0.05, 0) is 72.6 Å². The zero-order valence-electron chi connectivity index (χ0n) is 20.6. The molecule has 38 heavy (non-hydrogen) atoms. The minimum absolute atomic E-state index is 0.178. The van der Waals surface area contributed by atoms with Crippen molar-refractivity contribution in [2.75, 3.05) is 20.3 Å². The zero-order chi connectivity index (χ0) is 27.5. The first-order chi connectivity index (χ1) is 18.3. The van der Waals surface area contributed by atoms with Crippen LogP contribution in [0.2, 0.25) is 10.0 Å². The van der Waals surface area contributed by atoms with Gasteiger partial charge in [0, 0.05) is 5.56 Å². The van der Waals surface area contributed by atoms with E-state index in [2.05, 4.69) is 15.8 Å². The number of nitrogens with one attached hydrogen (secondary N) is 2. The first-order valence-electron chi connectivity index (χ1n) is 11.5. The normalized spacial score (nSPS) is 10.6. The summed E-state index contributed by atoms with van der Waals surface area (Å²) in [5.41, 5.74) is 3.52. The molecule has 0 radical (unpaired) electrons. The second-order valence-corrected chi connectivity index (χ2v) is 8.59. The Labute approximate surface area is 229 Å². The smallest absolute Gasteiger partial charge is 0.343 e. The molecule has 0 aliphatic heterocycles. The van der Waals surface area contributed by atoms with Crippen molar-refractivity contribution in [1.29, 1.82) is 0 Å². The van der Waals surface area contributed by atoms with Gasteiger partial charge >= 0.3 is 5.97 Å². The predicted molar refractivity (Wildman–Crippen MR) is 145 cm³/mol. The highest BCUT2D eigenvalue weighted by Crippen LogP contribution is 2.29. The molecule has 2 N–H and O–H groups in total. The summed E-state index contributed by atoms with van der Waals surface area (Å²) >= 11 is 11.8. The first-order valence-corrected chi connectivity index (χ1v) is 12.2. The van der Waals surface area contributed by atoms with Crippen molar-refractivity contribution in [3.63, 3.8) is 0 Å². The summed E-state index contributed by atoms with van der Waals surface area (Å²) in [6.45, 7) is 2.33. The van der Waals surface area contributed by atoms with Crippen molar-refractivity contribution < 1.29 is 28.6 Å². The summed E-state index contributed by atoms with van der Waals surface area (Å²) in [5, 5.41) is 6.96. The van der Waals surface area contributed by atoms with Crippen molar-refractivity contribution in [1.82, 2.24) is 10.7 Å². The molecular formula is C27H25Cl2N3O6. The van der Waals surface area contributed by atoms with Crippen LogP contribution in [0.15, 0.2) is 65.8 Å². The van der Waals surface area contributed by atoms with Crippen molar-refractivity contribution >= 4 is 47.2 Å². The van der Waals surface area contributed by atoms with Crippen molar-refractivity contribution in [2.24, 2.45) is 5.10 Å². The van der Waals surface area contributed by atoms with E-state index in [0.29, 0.717) is 28.5 Å². The van der Waals surface area contributed by atoms with Crippen LogP contribution in [0.1, 0.15) is 39.6 Å². The van der Waals surface area contributed by atoms with Gasteiger partial charge < -0.3 is 19.5 Å². The highest BCUT2D eigenvalue weighted by Gasteiger charge is 2.14. The van der Waals surface area contributed by atoms with Gasteiger partial charge in [-0.15, -0.1) is 0 Å². The summed E-state index contributed by atoms with van der Waals surface area (Å²) in [5.74, 6) is -0.439. The van der Waals surface area contributed by atoms with E-state index in [1.807, 2.05) is 6.92 Å². The van der Waals surface area contributed by atoms with Gasteiger partial charge in [-0.1, -0.05) is 30.1 Å². The molecule has 11 heteroatoms. The highest BCUT2D eigenvalue weighted by atomic mass is 35.5. The van der Waals surface area contributed by atoms with Gasteiger partial charge in [-0.2, -0.15) is 5.10 Å². The molecule has 3 rings (SSSR count). The van der Waals surface area contributed by atoms with Gasteiger partial charge in [0.1, 0.15) is 5.75 Å². The van der Waals surface area contributed by atoms with Crippen LogP contribution >= 0.6 is 23.2 Å². The van der Waals surface area contributed by atoms with E-state index in [4.69, 9.17) is 37.4 Å². The predicted octanol–water partition coefficient (Wildman–Crippen LogP) is 4.89. The SMILES string of the molecule is CCCOc1ccc(C(=O)NCC(=O)N/N=C/c2ccc(OC(=O)c3ccc(Cl)c(Cl)c3)c(OC)c2)cc1. The van der Waals surface area contributed by atoms with Gasteiger partial charge in [0.25, 0.3) is 11.8 Å². The number of carbonyl (C=O) groups is 3. The van der Waals surface area contributed by atoms with Crippen LogP contribution in [-0.2, 0) is 4.79 Å². The molecule has 0 spiro atoms. The number of hydrazone groups is 1. The van der Waals surface area contributed by atoms with Crippen LogP contribution in [0.3, 0.4) is 0 Å². The van der Waals surface area contributed by atoms with Gasteiger partial charge in [-0.3, -0.25) is 9.59 Å². The molecule has 2 amide bonds. The first kappa shape index (κ1) is 28.5. The Morgan fingerprint density at radius 3 is 2.34 bits per heavy atom. The fourth-order valence-electron chi connectivity index (χ4n) is 3.03. The molecule has 198 valence electrons. The second kappa shape index (κ2) is 14.0. The Balaban J connectivity index is 1.51. The summed E-state index contributed by atoms with van der Waals surface area (Å²) in [7, 11) is 1.42. The Morgan fingerprint density at radius 2 is 1.66 bits per heavy atom. The highest BCUT2D eigenvalue weighted by molar-refractivity contribution is 6.42. The fourth-order valence-corrected chi connectivity index (χ4v) is 3.33. The van der Waals surface area contributed by atoms with Gasteiger partial charge in [0.15, 0.2) is 11.5 Å². The quantitative estimate of drug-likeness (QED) is 0.150. The number of benzene rings is 3. The molecule has 0 aromatic heterocycles. The number of methoxy groups -OCH3 is 1. The number of halogens is 2. The van der Waals surface area contributed by atoms with Gasteiger partial charge in [-0.25, -0.2) is 10.2 Å². The third kappa shape index (κ3) is 8.22. The molecule has 0 aliphatic rings. The summed E-state index contributed by atoms with van der Waals surface area (Å²) in [4.78, 5) is 36.7. The molecule has 0 bridgehead atoms. The molecule has 0 atom stereocenters. The van der Waals surface area contributed by atoms with E-state index in [1.54, 1.807) is 36.4 Å². The van der Waals surface area contributed by atoms with E-state index in [0.717, 1.165) is 6.42 Å². The number of hydrogen-bond donors (Lipinski definition) is 2. The van der Waals surface area contributed by atoms with Crippen molar-refractivity contribution in [2.45, 2.75) is 13.3 Å². The Kier molecular flexibility index (Phi) is 10.5. The average molecular weight is 558 g/mol. The fraction of sp³-hybridized carbons (Fsp3) is 0.185. The number of hydrogen-bond acceptors (Lipinski definition) is 7. The Hall–Kier alpha value is -4.08. The van der Waals surface area contributed by atoms with Crippen molar-refractivity contribution in [3.05, 3.63) is 87.4 Å². The molecule has 3 aromatic carbocycles. The molecule has 0 fully saturated rings. The lowest BCUT2D eigenvalue weighted by Gasteiger charge is -2.10. The lowest BCUT2D eigenvalue weighted by molar-refractivity contribution is -0.120. The molecule has 0 heterocycles. The average Bonchev–Trinajstić information content (AvgIpc) is 2.93. The van der Waals surface area contributed by atoms with E-state index in [-0.39, 0.29) is 28.6 Å². The molecule has 0 unspecified atom stereocenters. The number of nitrogens with zero attached hydrogens (tertiary/aromatic N) is 1. The summed E-state index contributed by atoms with van der Waals surface area (Å²) in [6.07, 6.45) is 2.26. The molecular weight excluding hydrogens is 533 g/mol. The molecule has 0 saturated carbocycles. The minimum atomic E-state index is -0.640. The Morgan fingerprint density at radius 1 is 0.921 bits per heavy atom. The van der Waals surface area contributed by atoms with Crippen LogP contribution in [0.4, 0.5) is 0 Å². The standard InChI is InChI=1S/C27H25Cl2N3O6/c1-3-12-37-20-8-5-18(6-9-20)26(34)30-16-25(33)32-31-15-17-4-11-23(24(13-17)36-2)38-27(35)19-7-10-21(28)22(29)14-19/h4-11,13-15H,3,12,16H2,1-2H3,(H,30,34)(H,32,33)/b31-15+. The lowest BCUT2D eigenvalue weighted by atomic mass is 10.2. The van der Waals surface area contributed by atoms with Crippen LogP contribution in [0, 0.1) is 0 Å². The number of esters is 1. The van der Waals surface area contributed by atoms with E-state index < -0.39 is 17.8 Å². The summed E-state index contributed by atoms with van der Waals surface area (Å²) < 4.78 is 16.2. The molecule has 0 saturated heterocycles. The van der Waals surface area contributed by atoms with Crippen LogP contribution in [0.25, 0.3) is 0 Å². The largest absolute Gasteiger partial charge is 0.494 e.